The normalized spacial score (nSPS) is 12.3. The third-order valence-electron chi connectivity index (χ3n) is 6.12. The molecule has 4 aromatic rings. The van der Waals surface area contributed by atoms with Crippen LogP contribution >= 0.6 is 11.3 Å². The second-order valence-corrected chi connectivity index (χ2v) is 13.4. The second kappa shape index (κ2) is 14.3. The van der Waals surface area contributed by atoms with Crippen LogP contribution in [0, 0.1) is 11.6 Å². The standard InChI is InChI=1S/C34H37F2N3O7S/c1-8-26(31(41)45-33(2,3)4)44-29-25(36)16-24(35)28(39-29)43-23-14-21(13-22(15-23)30-38-27(40)18-47-30)20-11-9-10-19(12-20)17-37-32(42)46-34(5,6)7/h9-16,18,26,40H,8,17H2,1-7H3,(H,37,42)/t26-/m1/s1. The van der Waals surface area contributed by atoms with E-state index >= 15 is 4.39 Å². The lowest BCUT2D eigenvalue weighted by Crippen LogP contribution is -2.35. The zero-order valence-corrected chi connectivity index (χ0v) is 28.0. The fourth-order valence-electron chi connectivity index (χ4n) is 4.20. The maximum Gasteiger partial charge on any atom is 0.407 e. The molecule has 2 N–H and O–H groups in total. The molecule has 2 heterocycles. The number of amides is 1. The van der Waals surface area contributed by atoms with Gasteiger partial charge in [0, 0.05) is 18.2 Å². The van der Waals surface area contributed by atoms with E-state index in [0.717, 1.165) is 11.1 Å². The van der Waals surface area contributed by atoms with Gasteiger partial charge in [-0.3, -0.25) is 0 Å². The molecule has 0 aliphatic heterocycles. The van der Waals surface area contributed by atoms with Crippen molar-refractivity contribution in [1.82, 2.24) is 15.3 Å². The average Bonchev–Trinajstić information content (AvgIpc) is 3.41. The number of carbonyl (C=O) groups is 2. The van der Waals surface area contributed by atoms with Gasteiger partial charge in [-0.25, -0.2) is 23.4 Å². The van der Waals surface area contributed by atoms with E-state index < -0.39 is 52.8 Å². The highest BCUT2D eigenvalue weighted by Gasteiger charge is 2.28. The molecule has 0 aliphatic carbocycles. The predicted molar refractivity (Wildman–Crippen MR) is 173 cm³/mol. The molecule has 13 heteroatoms. The molecule has 0 saturated heterocycles. The van der Waals surface area contributed by atoms with Gasteiger partial charge in [0.05, 0.1) is 5.38 Å². The number of thiazole rings is 1. The molecule has 4 rings (SSSR count). The van der Waals surface area contributed by atoms with E-state index in [4.69, 9.17) is 18.9 Å². The molecule has 1 atom stereocenters. The Kier molecular flexibility index (Phi) is 10.7. The number of nitrogens with zero attached hydrogens (tertiary/aromatic N) is 2. The van der Waals surface area contributed by atoms with E-state index in [1.807, 2.05) is 24.3 Å². The van der Waals surface area contributed by atoms with Crippen LogP contribution in [-0.4, -0.2) is 44.4 Å². The van der Waals surface area contributed by atoms with Crippen LogP contribution in [0.2, 0.25) is 0 Å². The molecule has 250 valence electrons. The lowest BCUT2D eigenvalue weighted by Gasteiger charge is -2.23. The van der Waals surface area contributed by atoms with Crippen molar-refractivity contribution >= 4 is 23.4 Å². The summed E-state index contributed by atoms with van der Waals surface area (Å²) in [6, 6.07) is 12.9. The number of nitrogens with one attached hydrogen (secondary N) is 1. The van der Waals surface area contributed by atoms with E-state index in [9.17, 15) is 19.1 Å². The summed E-state index contributed by atoms with van der Waals surface area (Å²) in [5.74, 6) is -4.23. The van der Waals surface area contributed by atoms with Crippen LogP contribution in [0.25, 0.3) is 21.7 Å². The first kappa shape index (κ1) is 35.1. The molecule has 2 aromatic carbocycles. The molecular weight excluding hydrogens is 632 g/mol. The first-order valence-electron chi connectivity index (χ1n) is 14.8. The summed E-state index contributed by atoms with van der Waals surface area (Å²) >= 11 is 1.18. The molecular formula is C34H37F2N3O7S. The van der Waals surface area contributed by atoms with Crippen molar-refractivity contribution in [3.63, 3.8) is 0 Å². The van der Waals surface area contributed by atoms with Crippen LogP contribution in [0.15, 0.2) is 53.9 Å². The van der Waals surface area contributed by atoms with Crippen molar-refractivity contribution in [3.8, 4) is 45.1 Å². The lowest BCUT2D eigenvalue weighted by molar-refractivity contribution is -0.163. The van der Waals surface area contributed by atoms with Gasteiger partial charge in [0.2, 0.25) is 5.88 Å². The first-order chi connectivity index (χ1) is 22.0. The van der Waals surface area contributed by atoms with Crippen LogP contribution in [0.3, 0.4) is 0 Å². The Bertz CT molecular complexity index is 1750. The number of halogens is 2. The van der Waals surface area contributed by atoms with Gasteiger partial charge in [0.1, 0.15) is 22.0 Å². The van der Waals surface area contributed by atoms with Crippen LogP contribution in [0.5, 0.6) is 23.4 Å². The number of alkyl carbamates (subject to hydrolysis) is 1. The topological polar surface area (TPSA) is 129 Å². The molecule has 1 amide bonds. The van der Waals surface area contributed by atoms with E-state index in [1.54, 1.807) is 66.7 Å². The number of pyridine rings is 1. The summed E-state index contributed by atoms with van der Waals surface area (Å²) < 4.78 is 51.8. The second-order valence-electron chi connectivity index (χ2n) is 12.5. The van der Waals surface area contributed by atoms with Gasteiger partial charge in [-0.05, 0) is 88.9 Å². The largest absolute Gasteiger partial charge is 0.493 e. The summed E-state index contributed by atoms with van der Waals surface area (Å²) in [5.41, 5.74) is 1.21. The minimum atomic E-state index is -1.20. The smallest absolute Gasteiger partial charge is 0.407 e. The Labute approximate surface area is 275 Å². The van der Waals surface area contributed by atoms with Gasteiger partial charge < -0.3 is 29.4 Å². The fraction of sp³-hybridized carbons (Fsp3) is 0.353. The van der Waals surface area contributed by atoms with Crippen LogP contribution in [0.4, 0.5) is 13.6 Å². The molecule has 0 bridgehead atoms. The molecule has 0 fully saturated rings. The van der Waals surface area contributed by atoms with Crippen LogP contribution < -0.4 is 14.8 Å². The number of carbonyl (C=O) groups excluding carboxylic acids is 2. The Morgan fingerprint density at radius 1 is 0.894 bits per heavy atom. The van der Waals surface area contributed by atoms with Crippen molar-refractivity contribution in [2.45, 2.75) is 78.7 Å². The molecule has 47 heavy (non-hydrogen) atoms. The Hall–Kier alpha value is -4.78. The minimum absolute atomic E-state index is 0.118. The number of hydrogen-bond donors (Lipinski definition) is 2. The summed E-state index contributed by atoms with van der Waals surface area (Å²) in [5, 5.41) is 14.5. The fourth-order valence-corrected chi connectivity index (χ4v) is 4.87. The Morgan fingerprint density at radius 3 is 2.21 bits per heavy atom. The molecule has 10 nitrogen and oxygen atoms in total. The zero-order valence-electron chi connectivity index (χ0n) is 27.1. The molecule has 0 spiro atoms. The maximum absolute atomic E-state index is 15.0. The quantitative estimate of drug-likeness (QED) is 0.161. The number of rotatable bonds is 10. The highest BCUT2D eigenvalue weighted by Crippen LogP contribution is 2.37. The third kappa shape index (κ3) is 10.1. The van der Waals surface area contributed by atoms with Crippen molar-refractivity contribution in [1.29, 1.82) is 0 Å². The number of esters is 1. The van der Waals surface area contributed by atoms with Gasteiger partial charge in [-0.15, -0.1) is 11.3 Å². The molecule has 0 unspecified atom stereocenters. The maximum atomic E-state index is 15.0. The number of ether oxygens (including phenoxy) is 4. The molecule has 0 aliphatic rings. The highest BCUT2D eigenvalue weighted by molar-refractivity contribution is 7.13. The molecule has 2 aromatic heterocycles. The summed E-state index contributed by atoms with van der Waals surface area (Å²) in [7, 11) is 0. The zero-order chi connectivity index (χ0) is 34.5. The van der Waals surface area contributed by atoms with E-state index in [0.29, 0.717) is 22.2 Å². The lowest BCUT2D eigenvalue weighted by atomic mass is 10.0. The minimum Gasteiger partial charge on any atom is -0.493 e. The summed E-state index contributed by atoms with van der Waals surface area (Å²) in [4.78, 5) is 32.8. The summed E-state index contributed by atoms with van der Waals surface area (Å²) in [6.07, 6.45) is -1.61. The van der Waals surface area contributed by atoms with E-state index in [1.165, 1.54) is 16.7 Å². The van der Waals surface area contributed by atoms with Gasteiger partial charge in [0.15, 0.2) is 17.7 Å². The first-order valence-corrected chi connectivity index (χ1v) is 15.7. The number of benzene rings is 2. The third-order valence-corrected chi connectivity index (χ3v) is 6.99. The number of hydrogen-bond acceptors (Lipinski definition) is 10. The van der Waals surface area contributed by atoms with Gasteiger partial charge in [-0.1, -0.05) is 25.1 Å². The van der Waals surface area contributed by atoms with Crippen LogP contribution in [0.1, 0.15) is 60.5 Å². The molecule has 0 saturated carbocycles. The SMILES string of the molecule is CC[C@@H](Oc1nc(Oc2cc(-c3cccc(CNC(=O)OC(C)(C)C)c3)cc(-c3nc(O)cs3)c2)c(F)cc1F)C(=O)OC(C)(C)C. The van der Waals surface area contributed by atoms with Gasteiger partial charge in [-0.2, -0.15) is 4.98 Å². The van der Waals surface area contributed by atoms with Gasteiger partial charge in [0.25, 0.3) is 11.8 Å². The van der Waals surface area contributed by atoms with E-state index in [-0.39, 0.29) is 24.6 Å². The summed E-state index contributed by atoms with van der Waals surface area (Å²) in [6.45, 7) is 12.2. The van der Waals surface area contributed by atoms with Crippen molar-refractivity contribution < 1.29 is 42.4 Å². The average molecular weight is 670 g/mol. The predicted octanol–water partition coefficient (Wildman–Crippen LogP) is 8.17. The Balaban J connectivity index is 1.66. The highest BCUT2D eigenvalue weighted by atomic mass is 32.1. The molecule has 0 radical (unpaired) electrons. The number of aromatic nitrogens is 2. The van der Waals surface area contributed by atoms with Crippen molar-refractivity contribution in [2.75, 3.05) is 0 Å². The number of aromatic hydroxyl groups is 1. The monoisotopic (exact) mass is 669 g/mol. The van der Waals surface area contributed by atoms with Crippen molar-refractivity contribution in [3.05, 3.63) is 71.1 Å². The van der Waals surface area contributed by atoms with Gasteiger partial charge >= 0.3 is 12.1 Å². The van der Waals surface area contributed by atoms with Crippen molar-refractivity contribution in [2.24, 2.45) is 0 Å². The van der Waals surface area contributed by atoms with E-state index in [2.05, 4.69) is 15.3 Å². The Morgan fingerprint density at radius 2 is 1.57 bits per heavy atom. The van der Waals surface area contributed by atoms with Crippen LogP contribution in [-0.2, 0) is 20.8 Å².